The summed E-state index contributed by atoms with van der Waals surface area (Å²) in [6.07, 6.45) is 0.604. The maximum Gasteiger partial charge on any atom is 0.157 e. The van der Waals surface area contributed by atoms with Gasteiger partial charge in [0.25, 0.3) is 0 Å². The summed E-state index contributed by atoms with van der Waals surface area (Å²) in [5.41, 5.74) is 4.38. The van der Waals surface area contributed by atoms with Crippen LogP contribution in [0.15, 0.2) is 30.3 Å². The fourth-order valence-corrected chi connectivity index (χ4v) is 2.56. The topological polar surface area (TPSA) is 30.2 Å². The highest BCUT2D eigenvalue weighted by Crippen LogP contribution is 2.23. The molecule has 0 radical (unpaired) electrons. The molecule has 0 aliphatic rings. The van der Waals surface area contributed by atoms with E-state index in [-0.39, 0.29) is 5.82 Å². The number of aromatic nitrogens is 3. The van der Waals surface area contributed by atoms with Crippen molar-refractivity contribution in [1.82, 2.24) is 14.6 Å². The van der Waals surface area contributed by atoms with E-state index < -0.39 is 0 Å². The van der Waals surface area contributed by atoms with Gasteiger partial charge in [-0.15, -0.1) is 0 Å². The van der Waals surface area contributed by atoms with Gasteiger partial charge in [0.2, 0.25) is 0 Å². The normalized spacial score (nSPS) is 11.2. The smallest absolute Gasteiger partial charge is 0.157 e. The van der Waals surface area contributed by atoms with Gasteiger partial charge in [-0.25, -0.2) is 13.9 Å². The Morgan fingerprint density at radius 1 is 1.20 bits per heavy atom. The Morgan fingerprint density at radius 2 is 1.90 bits per heavy atom. The molecule has 2 heterocycles. The van der Waals surface area contributed by atoms with Gasteiger partial charge < -0.3 is 0 Å². The first kappa shape index (κ1) is 13.1. The highest BCUT2D eigenvalue weighted by atomic mass is 35.5. The molecule has 0 saturated heterocycles. The number of hydrogen-bond donors (Lipinski definition) is 0. The maximum absolute atomic E-state index is 12.9. The van der Waals surface area contributed by atoms with E-state index in [0.29, 0.717) is 11.6 Å². The SMILES string of the molecule is Cc1cc2nc(C)c(Cc3ccc(F)cc3)c(Cl)n2n1. The summed E-state index contributed by atoms with van der Waals surface area (Å²) in [5.74, 6) is -0.243. The fraction of sp³-hybridized carbons (Fsp3) is 0.200. The Hall–Kier alpha value is -1.94. The summed E-state index contributed by atoms with van der Waals surface area (Å²) in [6.45, 7) is 3.83. The molecular formula is C15H13ClFN3. The Bertz CT molecular complexity index is 778. The number of fused-ring (bicyclic) bond motifs is 1. The van der Waals surface area contributed by atoms with E-state index in [0.717, 1.165) is 28.2 Å². The predicted octanol–water partition coefficient (Wildman–Crippen LogP) is 3.73. The number of halogens is 2. The molecule has 3 nitrogen and oxygen atoms in total. The minimum absolute atomic E-state index is 0.243. The molecule has 0 aliphatic carbocycles. The number of benzene rings is 1. The number of rotatable bonds is 2. The molecule has 0 atom stereocenters. The van der Waals surface area contributed by atoms with Crippen molar-refractivity contribution < 1.29 is 4.39 Å². The van der Waals surface area contributed by atoms with E-state index in [9.17, 15) is 4.39 Å². The van der Waals surface area contributed by atoms with Crippen molar-refractivity contribution in [2.45, 2.75) is 20.3 Å². The van der Waals surface area contributed by atoms with Crippen molar-refractivity contribution in [3.8, 4) is 0 Å². The zero-order valence-corrected chi connectivity index (χ0v) is 11.9. The summed E-state index contributed by atoms with van der Waals surface area (Å²) >= 11 is 6.43. The van der Waals surface area contributed by atoms with E-state index in [4.69, 9.17) is 11.6 Å². The van der Waals surface area contributed by atoms with Gasteiger partial charge in [0, 0.05) is 23.7 Å². The lowest BCUT2D eigenvalue weighted by molar-refractivity contribution is 0.627. The van der Waals surface area contributed by atoms with Crippen LogP contribution in [0.5, 0.6) is 0 Å². The van der Waals surface area contributed by atoms with Crippen molar-refractivity contribution in [3.63, 3.8) is 0 Å². The molecular weight excluding hydrogens is 277 g/mol. The quantitative estimate of drug-likeness (QED) is 0.673. The van der Waals surface area contributed by atoms with E-state index in [2.05, 4.69) is 10.1 Å². The zero-order chi connectivity index (χ0) is 14.3. The molecule has 0 amide bonds. The molecule has 0 spiro atoms. The molecule has 0 N–H and O–H groups in total. The molecule has 0 aliphatic heterocycles. The molecule has 0 bridgehead atoms. The predicted molar refractivity (Wildman–Crippen MR) is 76.7 cm³/mol. The maximum atomic E-state index is 12.9. The largest absolute Gasteiger partial charge is 0.233 e. The van der Waals surface area contributed by atoms with E-state index in [1.807, 2.05) is 19.9 Å². The van der Waals surface area contributed by atoms with Crippen LogP contribution in [0.2, 0.25) is 5.15 Å². The van der Waals surface area contributed by atoms with Crippen LogP contribution in [-0.2, 0) is 6.42 Å². The van der Waals surface area contributed by atoms with Gasteiger partial charge in [-0.05, 0) is 31.5 Å². The van der Waals surface area contributed by atoms with Gasteiger partial charge >= 0.3 is 0 Å². The van der Waals surface area contributed by atoms with E-state index in [1.54, 1.807) is 16.6 Å². The summed E-state index contributed by atoms with van der Waals surface area (Å²) < 4.78 is 14.6. The molecule has 2 aromatic heterocycles. The third-order valence-electron chi connectivity index (χ3n) is 3.26. The summed E-state index contributed by atoms with van der Waals surface area (Å²) in [4.78, 5) is 4.51. The third kappa shape index (κ3) is 2.27. The van der Waals surface area contributed by atoms with Crippen LogP contribution in [0, 0.1) is 19.7 Å². The number of nitrogens with zero attached hydrogens (tertiary/aromatic N) is 3. The summed E-state index contributed by atoms with van der Waals surface area (Å²) in [6, 6.07) is 8.29. The lowest BCUT2D eigenvalue weighted by atomic mass is 10.1. The molecule has 3 aromatic rings. The van der Waals surface area contributed by atoms with Crippen LogP contribution in [-0.4, -0.2) is 14.6 Å². The van der Waals surface area contributed by atoms with Crippen molar-refractivity contribution in [3.05, 3.63) is 63.8 Å². The van der Waals surface area contributed by atoms with Crippen LogP contribution in [0.1, 0.15) is 22.5 Å². The number of hydrogen-bond acceptors (Lipinski definition) is 2. The van der Waals surface area contributed by atoms with Crippen molar-refractivity contribution >= 4 is 17.2 Å². The first-order valence-corrected chi connectivity index (χ1v) is 6.68. The van der Waals surface area contributed by atoms with Gasteiger partial charge in [-0.1, -0.05) is 23.7 Å². The Labute approximate surface area is 121 Å². The van der Waals surface area contributed by atoms with Crippen LogP contribution in [0.4, 0.5) is 4.39 Å². The van der Waals surface area contributed by atoms with Gasteiger partial charge in [0.15, 0.2) is 5.65 Å². The molecule has 5 heteroatoms. The lowest BCUT2D eigenvalue weighted by Crippen LogP contribution is -2.03. The van der Waals surface area contributed by atoms with Gasteiger partial charge in [-0.3, -0.25) is 0 Å². The Kier molecular flexibility index (Phi) is 3.18. The third-order valence-corrected chi connectivity index (χ3v) is 3.65. The molecule has 3 rings (SSSR count). The van der Waals surface area contributed by atoms with E-state index >= 15 is 0 Å². The van der Waals surface area contributed by atoms with Crippen LogP contribution in [0.3, 0.4) is 0 Å². The van der Waals surface area contributed by atoms with Gasteiger partial charge in [0.1, 0.15) is 11.0 Å². The summed E-state index contributed by atoms with van der Waals surface area (Å²) in [5, 5.41) is 4.89. The second kappa shape index (κ2) is 4.87. The molecule has 0 unspecified atom stereocenters. The first-order chi connectivity index (χ1) is 9.54. The minimum atomic E-state index is -0.243. The van der Waals surface area contributed by atoms with Gasteiger partial charge in [0.05, 0.1) is 5.69 Å². The second-order valence-electron chi connectivity index (χ2n) is 4.83. The molecule has 0 saturated carbocycles. The minimum Gasteiger partial charge on any atom is -0.233 e. The van der Waals surface area contributed by atoms with Crippen LogP contribution in [0.25, 0.3) is 5.65 Å². The number of aryl methyl sites for hydroxylation is 2. The molecule has 0 fully saturated rings. The highest BCUT2D eigenvalue weighted by Gasteiger charge is 2.13. The Morgan fingerprint density at radius 3 is 2.60 bits per heavy atom. The van der Waals surface area contributed by atoms with Gasteiger partial charge in [-0.2, -0.15) is 5.10 Å². The molecule has 102 valence electrons. The average molecular weight is 290 g/mol. The van der Waals surface area contributed by atoms with E-state index in [1.165, 1.54) is 12.1 Å². The second-order valence-corrected chi connectivity index (χ2v) is 5.18. The molecule has 20 heavy (non-hydrogen) atoms. The lowest BCUT2D eigenvalue weighted by Gasteiger charge is -2.09. The molecule has 1 aromatic carbocycles. The average Bonchev–Trinajstić information content (AvgIpc) is 2.77. The van der Waals surface area contributed by atoms with Crippen LogP contribution >= 0.6 is 11.6 Å². The Balaban J connectivity index is 2.08. The van der Waals surface area contributed by atoms with Crippen molar-refractivity contribution in [1.29, 1.82) is 0 Å². The van der Waals surface area contributed by atoms with Crippen LogP contribution < -0.4 is 0 Å². The summed E-state index contributed by atoms with van der Waals surface area (Å²) in [7, 11) is 0. The first-order valence-electron chi connectivity index (χ1n) is 6.30. The highest BCUT2D eigenvalue weighted by molar-refractivity contribution is 6.30. The fourth-order valence-electron chi connectivity index (χ4n) is 2.23. The van der Waals surface area contributed by atoms with Crippen molar-refractivity contribution in [2.75, 3.05) is 0 Å². The zero-order valence-electron chi connectivity index (χ0n) is 11.2. The monoisotopic (exact) mass is 289 g/mol. The standard InChI is InChI=1S/C15H13ClFN3/c1-9-7-14-18-10(2)13(15(16)20(14)19-9)8-11-3-5-12(17)6-4-11/h3-7H,8H2,1-2H3. The van der Waals surface area contributed by atoms with Crippen molar-refractivity contribution in [2.24, 2.45) is 0 Å².